The van der Waals surface area contributed by atoms with Crippen molar-refractivity contribution in [3.05, 3.63) is 102 Å². The first kappa shape index (κ1) is 21.5. The second-order valence-corrected chi connectivity index (χ2v) is 8.20. The molecule has 6 nitrogen and oxygen atoms in total. The topological polar surface area (TPSA) is 75.8 Å². The average Bonchev–Trinajstić information content (AvgIpc) is 3.28. The van der Waals surface area contributed by atoms with E-state index in [1.165, 1.54) is 17.7 Å². The number of nitrogens with zero attached hydrogens (tertiary/aromatic N) is 2. The van der Waals surface area contributed by atoms with Crippen molar-refractivity contribution >= 4 is 33.9 Å². The van der Waals surface area contributed by atoms with Crippen LogP contribution in [-0.2, 0) is 17.9 Å². The van der Waals surface area contributed by atoms with Crippen molar-refractivity contribution in [3.63, 3.8) is 0 Å². The first-order valence-electron chi connectivity index (χ1n) is 11.1. The molecule has 0 saturated heterocycles. The van der Waals surface area contributed by atoms with E-state index in [0.29, 0.717) is 24.9 Å². The van der Waals surface area contributed by atoms with Gasteiger partial charge in [0.2, 0.25) is 0 Å². The largest absolute Gasteiger partial charge is 0.479 e. The molecule has 0 bridgehead atoms. The van der Waals surface area contributed by atoms with Crippen molar-refractivity contribution in [2.75, 3.05) is 4.90 Å². The standard InChI is InChI=1S/C28H24N2O4/c1-19(27(31)32)33-23-12-6-8-20(16-23)17-30(28-29-25-14-4-5-15-26(25)34-28)18-22-11-7-10-21-9-2-3-13-24(21)22/h2-16,19H,17-18H2,1H3,(H,31,32). The summed E-state index contributed by atoms with van der Waals surface area (Å²) in [5.41, 5.74) is 3.64. The molecule has 6 heteroatoms. The number of fused-ring (bicyclic) bond motifs is 2. The zero-order valence-electron chi connectivity index (χ0n) is 18.7. The van der Waals surface area contributed by atoms with Crippen molar-refractivity contribution < 1.29 is 19.1 Å². The van der Waals surface area contributed by atoms with Gasteiger partial charge in [0, 0.05) is 13.1 Å². The van der Waals surface area contributed by atoms with Crippen LogP contribution in [0, 0.1) is 0 Å². The van der Waals surface area contributed by atoms with Gasteiger partial charge in [0.05, 0.1) is 0 Å². The summed E-state index contributed by atoms with van der Waals surface area (Å²) in [6.07, 6.45) is -0.931. The molecule has 34 heavy (non-hydrogen) atoms. The van der Waals surface area contributed by atoms with Crippen molar-refractivity contribution in [2.45, 2.75) is 26.1 Å². The lowest BCUT2D eigenvalue weighted by Gasteiger charge is -2.22. The summed E-state index contributed by atoms with van der Waals surface area (Å²) in [4.78, 5) is 18.0. The minimum atomic E-state index is -1.01. The predicted molar refractivity (Wildman–Crippen MR) is 132 cm³/mol. The van der Waals surface area contributed by atoms with Gasteiger partial charge in [-0.2, -0.15) is 4.98 Å². The summed E-state index contributed by atoms with van der Waals surface area (Å²) in [5, 5.41) is 11.5. The number of aliphatic carboxylic acids is 1. The van der Waals surface area contributed by atoms with Gasteiger partial charge in [-0.15, -0.1) is 0 Å². The molecule has 1 N–H and O–H groups in total. The van der Waals surface area contributed by atoms with Gasteiger partial charge in [-0.3, -0.25) is 0 Å². The molecule has 170 valence electrons. The van der Waals surface area contributed by atoms with E-state index in [9.17, 15) is 9.90 Å². The third kappa shape index (κ3) is 4.57. The Kier molecular flexibility index (Phi) is 5.87. The SMILES string of the molecule is CC(Oc1cccc(CN(Cc2cccc3ccccc23)c2nc3ccccc3o2)c1)C(=O)O. The van der Waals surface area contributed by atoms with Crippen LogP contribution >= 0.6 is 0 Å². The van der Waals surface area contributed by atoms with Crippen molar-refractivity contribution in [1.29, 1.82) is 0 Å². The molecule has 1 unspecified atom stereocenters. The molecule has 4 aromatic carbocycles. The van der Waals surface area contributed by atoms with Gasteiger partial charge in [-0.25, -0.2) is 4.79 Å². The molecular formula is C28H24N2O4. The highest BCUT2D eigenvalue weighted by atomic mass is 16.5. The highest BCUT2D eigenvalue weighted by molar-refractivity contribution is 5.86. The minimum Gasteiger partial charge on any atom is -0.479 e. The van der Waals surface area contributed by atoms with Crippen LogP contribution in [-0.4, -0.2) is 22.2 Å². The van der Waals surface area contributed by atoms with Gasteiger partial charge < -0.3 is 19.2 Å². The van der Waals surface area contributed by atoms with E-state index in [1.807, 2.05) is 54.6 Å². The van der Waals surface area contributed by atoms with Crippen LogP contribution in [0.2, 0.25) is 0 Å². The molecule has 1 aromatic heterocycles. The van der Waals surface area contributed by atoms with Crippen LogP contribution in [0.5, 0.6) is 5.75 Å². The Morgan fingerprint density at radius 2 is 1.74 bits per heavy atom. The fourth-order valence-corrected chi connectivity index (χ4v) is 4.01. The number of benzene rings is 4. The van der Waals surface area contributed by atoms with Gasteiger partial charge in [0.25, 0.3) is 6.01 Å². The van der Waals surface area contributed by atoms with Crippen molar-refractivity contribution in [3.8, 4) is 5.75 Å². The Labute approximate surface area is 197 Å². The normalized spacial score (nSPS) is 12.0. The van der Waals surface area contributed by atoms with E-state index < -0.39 is 12.1 Å². The lowest BCUT2D eigenvalue weighted by atomic mass is 10.0. The molecule has 0 aliphatic rings. The van der Waals surface area contributed by atoms with Crippen molar-refractivity contribution in [1.82, 2.24) is 4.98 Å². The quantitative estimate of drug-likeness (QED) is 0.309. The Balaban J connectivity index is 1.50. The Bertz CT molecular complexity index is 1420. The number of anilines is 1. The van der Waals surface area contributed by atoms with E-state index in [4.69, 9.17) is 14.1 Å². The maximum Gasteiger partial charge on any atom is 0.344 e. The van der Waals surface area contributed by atoms with Gasteiger partial charge in [-0.05, 0) is 53.1 Å². The number of rotatable bonds is 8. The molecule has 5 aromatic rings. The van der Waals surface area contributed by atoms with Crippen LogP contribution in [0.25, 0.3) is 21.9 Å². The van der Waals surface area contributed by atoms with Crippen LogP contribution in [0.4, 0.5) is 6.01 Å². The monoisotopic (exact) mass is 452 g/mol. The number of aromatic nitrogens is 1. The molecule has 0 radical (unpaired) electrons. The number of hydrogen-bond donors (Lipinski definition) is 1. The van der Waals surface area contributed by atoms with Gasteiger partial charge in [0.1, 0.15) is 11.3 Å². The first-order chi connectivity index (χ1) is 16.6. The summed E-state index contributed by atoms with van der Waals surface area (Å²) in [6, 6.07) is 30.3. The highest BCUT2D eigenvalue weighted by Crippen LogP contribution is 2.28. The van der Waals surface area contributed by atoms with Gasteiger partial charge in [-0.1, -0.05) is 66.7 Å². The maximum absolute atomic E-state index is 11.2. The lowest BCUT2D eigenvalue weighted by molar-refractivity contribution is -0.144. The Morgan fingerprint density at radius 1 is 0.971 bits per heavy atom. The van der Waals surface area contributed by atoms with E-state index in [2.05, 4.69) is 35.2 Å². The van der Waals surface area contributed by atoms with Gasteiger partial charge in [0.15, 0.2) is 11.7 Å². The maximum atomic E-state index is 11.2. The molecule has 1 atom stereocenters. The molecule has 0 spiro atoms. The summed E-state index contributed by atoms with van der Waals surface area (Å²) >= 11 is 0. The molecule has 0 aliphatic carbocycles. The molecule has 0 aliphatic heterocycles. The molecule has 0 saturated carbocycles. The van der Waals surface area contributed by atoms with E-state index in [-0.39, 0.29) is 0 Å². The number of carboxylic acids is 1. The molecule has 1 heterocycles. The number of para-hydroxylation sites is 2. The molecule has 5 rings (SSSR count). The first-order valence-corrected chi connectivity index (χ1v) is 11.1. The Hall–Kier alpha value is -4.32. The third-order valence-electron chi connectivity index (χ3n) is 5.73. The van der Waals surface area contributed by atoms with E-state index in [1.54, 1.807) is 6.07 Å². The number of carboxylic acid groups (broad SMARTS) is 1. The van der Waals surface area contributed by atoms with E-state index in [0.717, 1.165) is 22.2 Å². The number of hydrogen-bond acceptors (Lipinski definition) is 5. The van der Waals surface area contributed by atoms with Crippen LogP contribution in [0.1, 0.15) is 18.1 Å². The zero-order chi connectivity index (χ0) is 23.5. The van der Waals surface area contributed by atoms with Gasteiger partial charge >= 0.3 is 5.97 Å². The van der Waals surface area contributed by atoms with Crippen molar-refractivity contribution in [2.24, 2.45) is 0 Å². The smallest absolute Gasteiger partial charge is 0.344 e. The minimum absolute atomic E-state index is 0.509. The number of ether oxygens (including phenoxy) is 1. The Morgan fingerprint density at radius 3 is 2.59 bits per heavy atom. The highest BCUT2D eigenvalue weighted by Gasteiger charge is 2.18. The summed E-state index contributed by atoms with van der Waals surface area (Å²) in [6.45, 7) is 2.61. The molecular weight excluding hydrogens is 428 g/mol. The third-order valence-corrected chi connectivity index (χ3v) is 5.73. The second-order valence-electron chi connectivity index (χ2n) is 8.20. The van der Waals surface area contributed by atoms with Crippen LogP contribution in [0.3, 0.4) is 0 Å². The summed E-state index contributed by atoms with van der Waals surface area (Å²) in [5.74, 6) is -0.496. The number of oxazole rings is 1. The zero-order valence-corrected chi connectivity index (χ0v) is 18.7. The second kappa shape index (κ2) is 9.27. The average molecular weight is 453 g/mol. The van der Waals surface area contributed by atoms with Crippen LogP contribution in [0.15, 0.2) is 95.4 Å². The fraction of sp³-hybridized carbons (Fsp3) is 0.143. The summed E-state index contributed by atoms with van der Waals surface area (Å²) < 4.78 is 11.7. The lowest BCUT2D eigenvalue weighted by Crippen LogP contribution is -2.24. The molecule has 0 amide bonds. The van der Waals surface area contributed by atoms with E-state index >= 15 is 0 Å². The molecule has 0 fully saturated rings. The fourth-order valence-electron chi connectivity index (χ4n) is 4.01. The number of carbonyl (C=O) groups is 1. The predicted octanol–water partition coefficient (Wildman–Crippen LogP) is 6.04. The van der Waals surface area contributed by atoms with Crippen LogP contribution < -0.4 is 9.64 Å². The summed E-state index contributed by atoms with van der Waals surface area (Å²) in [7, 11) is 0.